The Balaban J connectivity index is 2.27. The van der Waals surface area contributed by atoms with Gasteiger partial charge in [0.05, 0.1) is 6.61 Å². The summed E-state index contributed by atoms with van der Waals surface area (Å²) >= 11 is 0. The summed E-state index contributed by atoms with van der Waals surface area (Å²) in [5, 5.41) is 20.5. The predicted molar refractivity (Wildman–Crippen MR) is 67.7 cm³/mol. The molecule has 0 aromatic heterocycles. The first-order valence-electron chi connectivity index (χ1n) is 5.79. The molecular formula is C14H16O3. The monoisotopic (exact) mass is 232 g/mol. The number of rotatable bonds is 4. The van der Waals surface area contributed by atoms with E-state index < -0.39 is 0 Å². The predicted octanol–water partition coefficient (Wildman–Crippen LogP) is 3.43. The molecule has 2 aromatic carbocycles. The van der Waals surface area contributed by atoms with Gasteiger partial charge in [0.2, 0.25) is 0 Å². The Hall–Kier alpha value is -1.90. The highest BCUT2D eigenvalue weighted by Gasteiger charge is 2.03. The third-order valence-corrected chi connectivity index (χ3v) is 2.67. The van der Waals surface area contributed by atoms with Crippen LogP contribution in [0, 0.1) is 0 Å². The molecule has 90 valence electrons. The zero-order valence-corrected chi connectivity index (χ0v) is 9.81. The van der Waals surface area contributed by atoms with Gasteiger partial charge in [-0.25, -0.2) is 0 Å². The average Bonchev–Trinajstić information content (AvgIpc) is 2.31. The van der Waals surface area contributed by atoms with Crippen molar-refractivity contribution in [1.29, 1.82) is 0 Å². The van der Waals surface area contributed by atoms with Crippen LogP contribution in [-0.4, -0.2) is 16.8 Å². The summed E-state index contributed by atoms with van der Waals surface area (Å²) in [5.74, 6) is 0.580. The van der Waals surface area contributed by atoms with Gasteiger partial charge in [0, 0.05) is 0 Å². The molecule has 0 radical (unpaired) electrons. The molecule has 2 rings (SSSR count). The van der Waals surface area contributed by atoms with E-state index in [2.05, 4.69) is 6.92 Å². The molecule has 0 aliphatic heterocycles. The number of aromatic hydroxyl groups is 2. The van der Waals surface area contributed by atoms with E-state index in [1.54, 1.807) is 6.07 Å². The first-order chi connectivity index (χ1) is 8.20. The molecule has 0 unspecified atom stereocenters. The van der Waals surface area contributed by atoms with Crippen molar-refractivity contribution in [3.8, 4) is 17.2 Å². The summed E-state index contributed by atoms with van der Waals surface area (Å²) in [7, 11) is 0. The van der Waals surface area contributed by atoms with Crippen LogP contribution in [0.2, 0.25) is 0 Å². The zero-order chi connectivity index (χ0) is 12.3. The largest absolute Gasteiger partial charge is 0.504 e. The second-order valence-electron chi connectivity index (χ2n) is 4.05. The van der Waals surface area contributed by atoms with Crippen molar-refractivity contribution in [2.24, 2.45) is 0 Å². The Bertz CT molecular complexity index is 520. The average molecular weight is 232 g/mol. The fourth-order valence-electron chi connectivity index (χ4n) is 1.68. The molecule has 0 amide bonds. The molecule has 2 N–H and O–H groups in total. The highest BCUT2D eigenvalue weighted by Crippen LogP contribution is 2.31. The van der Waals surface area contributed by atoms with E-state index in [1.807, 2.05) is 18.2 Å². The second kappa shape index (κ2) is 4.95. The number of fused-ring (bicyclic) bond motifs is 1. The Kier molecular flexibility index (Phi) is 3.38. The molecular weight excluding hydrogens is 216 g/mol. The molecule has 0 aliphatic rings. The van der Waals surface area contributed by atoms with Crippen molar-refractivity contribution in [3.63, 3.8) is 0 Å². The second-order valence-corrected chi connectivity index (χ2v) is 4.05. The first kappa shape index (κ1) is 11.6. The van der Waals surface area contributed by atoms with Crippen molar-refractivity contribution < 1.29 is 14.9 Å². The lowest BCUT2D eigenvalue weighted by molar-refractivity contribution is 0.310. The van der Waals surface area contributed by atoms with Gasteiger partial charge in [0.1, 0.15) is 5.75 Å². The summed E-state index contributed by atoms with van der Waals surface area (Å²) in [6, 6.07) is 8.69. The lowest BCUT2D eigenvalue weighted by Gasteiger charge is -2.07. The molecule has 0 fully saturated rings. The van der Waals surface area contributed by atoms with Gasteiger partial charge in [0.25, 0.3) is 0 Å². The number of phenolic OH excluding ortho intramolecular Hbond substituents is 2. The summed E-state index contributed by atoms with van der Waals surface area (Å²) in [6.07, 6.45) is 2.13. The van der Waals surface area contributed by atoms with E-state index in [0.29, 0.717) is 6.61 Å². The van der Waals surface area contributed by atoms with Gasteiger partial charge in [-0.2, -0.15) is 0 Å². The van der Waals surface area contributed by atoms with E-state index in [4.69, 9.17) is 4.74 Å². The van der Waals surface area contributed by atoms with Crippen LogP contribution in [0.25, 0.3) is 10.8 Å². The van der Waals surface area contributed by atoms with E-state index >= 15 is 0 Å². The summed E-state index contributed by atoms with van der Waals surface area (Å²) in [6.45, 7) is 2.82. The van der Waals surface area contributed by atoms with Gasteiger partial charge in [-0.05, 0) is 41.5 Å². The van der Waals surface area contributed by atoms with Gasteiger partial charge in [0.15, 0.2) is 11.5 Å². The van der Waals surface area contributed by atoms with Crippen molar-refractivity contribution in [2.45, 2.75) is 19.8 Å². The van der Waals surface area contributed by atoms with E-state index in [-0.39, 0.29) is 11.5 Å². The molecule has 2 aromatic rings. The van der Waals surface area contributed by atoms with E-state index in [9.17, 15) is 10.2 Å². The zero-order valence-electron chi connectivity index (χ0n) is 9.81. The van der Waals surface area contributed by atoms with Crippen LogP contribution in [-0.2, 0) is 0 Å². The van der Waals surface area contributed by atoms with Gasteiger partial charge in [-0.15, -0.1) is 0 Å². The molecule has 0 saturated heterocycles. The molecule has 0 spiro atoms. The Morgan fingerprint density at radius 1 is 1.00 bits per heavy atom. The summed E-state index contributed by atoms with van der Waals surface area (Å²) in [5.41, 5.74) is 0. The van der Waals surface area contributed by atoms with Crippen LogP contribution in [0.15, 0.2) is 30.3 Å². The number of hydrogen-bond acceptors (Lipinski definition) is 3. The third kappa shape index (κ3) is 2.61. The molecule has 3 nitrogen and oxygen atoms in total. The SMILES string of the molecule is CCCCOc1ccc2cc(O)c(O)cc2c1. The standard InChI is InChI=1S/C14H16O3/c1-2-3-6-17-12-5-4-10-8-13(15)14(16)9-11(10)7-12/h4-5,7-9,15-16H,2-3,6H2,1H3. The number of unbranched alkanes of at least 4 members (excludes halogenated alkanes) is 1. The summed E-state index contributed by atoms with van der Waals surface area (Å²) < 4.78 is 5.58. The Morgan fingerprint density at radius 3 is 2.41 bits per heavy atom. The Morgan fingerprint density at radius 2 is 1.71 bits per heavy atom. The lowest BCUT2D eigenvalue weighted by atomic mass is 10.1. The fourth-order valence-corrected chi connectivity index (χ4v) is 1.68. The number of benzene rings is 2. The van der Waals surface area contributed by atoms with Crippen molar-refractivity contribution >= 4 is 10.8 Å². The molecule has 3 heteroatoms. The molecule has 0 saturated carbocycles. The maximum Gasteiger partial charge on any atom is 0.158 e. The van der Waals surface area contributed by atoms with E-state index in [0.717, 1.165) is 29.4 Å². The van der Waals surface area contributed by atoms with Gasteiger partial charge >= 0.3 is 0 Å². The number of phenols is 2. The van der Waals surface area contributed by atoms with Crippen molar-refractivity contribution in [1.82, 2.24) is 0 Å². The van der Waals surface area contributed by atoms with Crippen LogP contribution in [0.4, 0.5) is 0 Å². The lowest BCUT2D eigenvalue weighted by Crippen LogP contribution is -1.95. The minimum Gasteiger partial charge on any atom is -0.504 e. The number of ether oxygens (including phenoxy) is 1. The molecule has 0 bridgehead atoms. The number of hydrogen-bond donors (Lipinski definition) is 2. The minimum absolute atomic E-state index is 0.0999. The van der Waals surface area contributed by atoms with Crippen LogP contribution < -0.4 is 4.74 Å². The molecule has 0 aliphatic carbocycles. The molecule has 0 atom stereocenters. The quantitative estimate of drug-likeness (QED) is 0.627. The van der Waals surface area contributed by atoms with Crippen LogP contribution >= 0.6 is 0 Å². The van der Waals surface area contributed by atoms with Crippen LogP contribution in [0.3, 0.4) is 0 Å². The van der Waals surface area contributed by atoms with E-state index in [1.165, 1.54) is 6.07 Å². The van der Waals surface area contributed by atoms with Crippen LogP contribution in [0.5, 0.6) is 17.2 Å². The van der Waals surface area contributed by atoms with Crippen LogP contribution in [0.1, 0.15) is 19.8 Å². The highest BCUT2D eigenvalue weighted by atomic mass is 16.5. The maximum atomic E-state index is 9.43. The van der Waals surface area contributed by atoms with Gasteiger partial charge in [-0.3, -0.25) is 0 Å². The highest BCUT2D eigenvalue weighted by molar-refractivity contribution is 5.87. The van der Waals surface area contributed by atoms with Gasteiger partial charge in [-0.1, -0.05) is 19.4 Å². The minimum atomic E-state index is -0.108. The molecule has 17 heavy (non-hydrogen) atoms. The maximum absolute atomic E-state index is 9.43. The third-order valence-electron chi connectivity index (χ3n) is 2.67. The topological polar surface area (TPSA) is 49.7 Å². The fraction of sp³-hybridized carbons (Fsp3) is 0.286. The normalized spacial score (nSPS) is 10.6. The van der Waals surface area contributed by atoms with Crippen molar-refractivity contribution in [2.75, 3.05) is 6.61 Å². The first-order valence-corrected chi connectivity index (χ1v) is 5.79. The van der Waals surface area contributed by atoms with Crippen molar-refractivity contribution in [3.05, 3.63) is 30.3 Å². The van der Waals surface area contributed by atoms with Gasteiger partial charge < -0.3 is 14.9 Å². The smallest absolute Gasteiger partial charge is 0.158 e. The Labute approximate surface area is 100 Å². The summed E-state index contributed by atoms with van der Waals surface area (Å²) in [4.78, 5) is 0. The molecule has 0 heterocycles.